The van der Waals surface area contributed by atoms with Gasteiger partial charge in [0.25, 0.3) is 11.8 Å². The van der Waals surface area contributed by atoms with Gasteiger partial charge in [-0.25, -0.2) is 18.4 Å². The quantitative estimate of drug-likeness (QED) is 0.0369. The Morgan fingerprint density at radius 1 is 0.487 bits per heavy atom. The van der Waals surface area contributed by atoms with Gasteiger partial charge in [0.2, 0.25) is 0 Å². The molecule has 0 fully saturated rings. The minimum atomic E-state index is -1.68. The highest BCUT2D eigenvalue weighted by Crippen LogP contribution is 2.27. The lowest BCUT2D eigenvalue weighted by Crippen LogP contribution is -2.43. The predicted octanol–water partition coefficient (Wildman–Crippen LogP) is 9.48. The fraction of sp³-hybridized carbons (Fsp3) is 0.133. The van der Waals surface area contributed by atoms with Crippen molar-refractivity contribution in [1.29, 1.82) is 0 Å². The molecule has 12 nitrogen and oxygen atoms in total. The number of amides is 2. The standard InChI is InChI=1S/C30H26FNO4.C17H16INO3.C13H12BFO3/c1-35-30(34)27(18-21-8-4-2-5-9-21)32-29(33)24-14-12-23(13-15-24)25-16-17-28(26(31)19-25)36-20-22-10-6-3-7-11-22;1-22-17(21)15(11-12-5-3-2-4-6-12)19-16(20)13-7-9-14(18)10-8-13;15-12-8-11(14(16)17)6-7-13(12)18-9-10-4-2-1-3-5-10/h2-17,19,27H,18,20H2,1H3,(H,32,33);2-10,15H,11H2,1H3,(H,19,20);1-8,16-17H,9H2. The zero-order valence-corrected chi connectivity index (χ0v) is 43.6. The largest absolute Gasteiger partial charge is 0.488 e. The monoisotopic (exact) mass is 1140 g/mol. The fourth-order valence-corrected chi connectivity index (χ4v) is 7.69. The first kappa shape index (κ1) is 57.1. The average molecular weight is 1140 g/mol. The van der Waals surface area contributed by atoms with Crippen molar-refractivity contribution in [2.45, 2.75) is 38.1 Å². The molecule has 2 atom stereocenters. The smallest absolute Gasteiger partial charge is 0.486 e. The lowest BCUT2D eigenvalue weighted by molar-refractivity contribution is -0.143. The molecule has 2 amide bonds. The number of hydrogen-bond donors (Lipinski definition) is 4. The number of nitrogens with one attached hydrogen (secondary N) is 2. The Morgan fingerprint density at radius 3 is 1.24 bits per heavy atom. The summed E-state index contributed by atoms with van der Waals surface area (Å²) < 4.78 is 49.8. The molecule has 0 radical (unpaired) electrons. The molecule has 0 saturated heterocycles. The van der Waals surface area contributed by atoms with E-state index in [4.69, 9.17) is 29.0 Å². The van der Waals surface area contributed by atoms with E-state index in [-0.39, 0.29) is 36.1 Å². The van der Waals surface area contributed by atoms with Crippen LogP contribution in [0.15, 0.2) is 206 Å². The Balaban J connectivity index is 0.000000200. The first-order chi connectivity index (χ1) is 36.8. The molecule has 0 aromatic heterocycles. The second kappa shape index (κ2) is 29.6. The molecule has 4 N–H and O–H groups in total. The molecule has 2 unspecified atom stereocenters. The van der Waals surface area contributed by atoms with Gasteiger partial charge in [0.1, 0.15) is 25.3 Å². The zero-order valence-electron chi connectivity index (χ0n) is 41.5. The summed E-state index contributed by atoms with van der Waals surface area (Å²) in [5.74, 6) is -2.49. The maximum atomic E-state index is 14.6. The van der Waals surface area contributed by atoms with E-state index < -0.39 is 48.7 Å². The Bertz CT molecular complexity index is 3110. The number of halogens is 3. The van der Waals surface area contributed by atoms with Gasteiger partial charge in [0.05, 0.1) is 14.2 Å². The van der Waals surface area contributed by atoms with Gasteiger partial charge in [-0.15, -0.1) is 0 Å². The van der Waals surface area contributed by atoms with Crippen molar-refractivity contribution >= 4 is 58.9 Å². The Labute approximate surface area is 453 Å². The third kappa shape index (κ3) is 18.0. The van der Waals surface area contributed by atoms with Crippen molar-refractivity contribution in [3.8, 4) is 22.6 Å². The van der Waals surface area contributed by atoms with E-state index in [1.165, 1.54) is 32.4 Å². The molecule has 76 heavy (non-hydrogen) atoms. The van der Waals surface area contributed by atoms with E-state index >= 15 is 0 Å². The first-order valence-electron chi connectivity index (χ1n) is 23.8. The number of carbonyl (C=O) groups excluding carboxylic acids is 4. The highest BCUT2D eigenvalue weighted by atomic mass is 127. The van der Waals surface area contributed by atoms with Crippen LogP contribution in [0.4, 0.5) is 8.78 Å². The Kier molecular flexibility index (Phi) is 22.3. The molecular weight excluding hydrogens is 1080 g/mol. The van der Waals surface area contributed by atoms with Crippen LogP contribution in [0, 0.1) is 15.2 Å². The van der Waals surface area contributed by atoms with E-state index in [1.807, 2.05) is 133 Å². The summed E-state index contributed by atoms with van der Waals surface area (Å²) in [7, 11) is 0.929. The normalized spacial score (nSPS) is 11.1. The maximum absolute atomic E-state index is 14.6. The minimum Gasteiger partial charge on any atom is -0.486 e. The van der Waals surface area contributed by atoms with Crippen LogP contribution in [-0.4, -0.2) is 67.2 Å². The molecule has 16 heteroatoms. The summed E-state index contributed by atoms with van der Waals surface area (Å²) >= 11 is 2.17. The molecule has 0 aliphatic heterocycles. The lowest BCUT2D eigenvalue weighted by atomic mass is 9.80. The van der Waals surface area contributed by atoms with Crippen LogP contribution in [0.3, 0.4) is 0 Å². The van der Waals surface area contributed by atoms with E-state index in [0.717, 1.165) is 37.5 Å². The number of benzene rings is 8. The van der Waals surface area contributed by atoms with Crippen LogP contribution in [0.5, 0.6) is 11.5 Å². The van der Waals surface area contributed by atoms with Gasteiger partial charge in [0.15, 0.2) is 23.1 Å². The summed E-state index contributed by atoms with van der Waals surface area (Å²) in [5.41, 5.74) is 6.14. The molecule has 8 rings (SSSR count). The number of rotatable bonds is 18. The van der Waals surface area contributed by atoms with Crippen molar-refractivity contribution < 1.29 is 57.0 Å². The summed E-state index contributed by atoms with van der Waals surface area (Å²) in [6.45, 7) is 0.538. The molecule has 0 bridgehead atoms. The van der Waals surface area contributed by atoms with Crippen LogP contribution in [0.2, 0.25) is 0 Å². The second-order valence-corrected chi connectivity index (χ2v) is 18.1. The molecular formula is C60H54BF2IN2O10. The van der Waals surface area contributed by atoms with Crippen LogP contribution in [0.1, 0.15) is 43.0 Å². The molecule has 8 aromatic rings. The van der Waals surface area contributed by atoms with Crippen molar-refractivity contribution in [2.24, 2.45) is 0 Å². The summed E-state index contributed by atoms with van der Waals surface area (Å²) in [5, 5.41) is 23.3. The SMILES string of the molecule is COC(=O)C(Cc1ccccc1)NC(=O)c1ccc(-c2ccc(OCc3ccccc3)c(F)c2)cc1.COC(=O)C(Cc1ccccc1)NC(=O)c1ccc(I)cc1.OB(O)c1ccc(OCc2ccccc2)c(F)c1. The third-order valence-electron chi connectivity index (χ3n) is 11.4. The first-order valence-corrected chi connectivity index (χ1v) is 24.9. The minimum absolute atomic E-state index is 0.0863. The van der Waals surface area contributed by atoms with E-state index in [0.29, 0.717) is 29.5 Å². The summed E-state index contributed by atoms with van der Waals surface area (Å²) in [6.07, 6.45) is 0.707. The lowest BCUT2D eigenvalue weighted by Gasteiger charge is -2.17. The molecule has 0 aliphatic rings. The maximum Gasteiger partial charge on any atom is 0.488 e. The van der Waals surface area contributed by atoms with Crippen LogP contribution < -0.4 is 25.6 Å². The molecule has 388 valence electrons. The van der Waals surface area contributed by atoms with E-state index in [2.05, 4.69) is 33.2 Å². The number of methoxy groups -OCH3 is 2. The van der Waals surface area contributed by atoms with Gasteiger partial charge < -0.3 is 39.6 Å². The highest BCUT2D eigenvalue weighted by molar-refractivity contribution is 14.1. The molecule has 0 heterocycles. The predicted molar refractivity (Wildman–Crippen MR) is 296 cm³/mol. The average Bonchev–Trinajstić information content (AvgIpc) is 3.45. The summed E-state index contributed by atoms with van der Waals surface area (Å²) in [4.78, 5) is 49.2. The van der Waals surface area contributed by atoms with Gasteiger partial charge in [-0.1, -0.05) is 146 Å². The van der Waals surface area contributed by atoms with Crippen molar-refractivity contribution in [3.05, 3.63) is 255 Å². The van der Waals surface area contributed by atoms with Gasteiger partial charge >= 0.3 is 19.1 Å². The summed E-state index contributed by atoms with van der Waals surface area (Å²) in [6, 6.07) is 58.8. The van der Waals surface area contributed by atoms with Crippen LogP contribution in [0.25, 0.3) is 11.1 Å². The van der Waals surface area contributed by atoms with Crippen molar-refractivity contribution in [3.63, 3.8) is 0 Å². The molecule has 0 spiro atoms. The Morgan fingerprint density at radius 2 is 0.855 bits per heavy atom. The number of ether oxygens (including phenoxy) is 4. The highest BCUT2D eigenvalue weighted by Gasteiger charge is 2.24. The second-order valence-electron chi connectivity index (χ2n) is 16.8. The van der Waals surface area contributed by atoms with Gasteiger partial charge in [-0.3, -0.25) is 9.59 Å². The third-order valence-corrected chi connectivity index (χ3v) is 12.1. The molecule has 8 aromatic carbocycles. The Hall–Kier alpha value is -8.19. The number of carbonyl (C=O) groups is 4. The fourth-order valence-electron chi connectivity index (χ4n) is 7.33. The number of esters is 2. The number of hydrogen-bond acceptors (Lipinski definition) is 10. The van der Waals surface area contributed by atoms with Gasteiger partial charge in [-0.05, 0) is 122 Å². The van der Waals surface area contributed by atoms with Gasteiger partial charge in [-0.2, -0.15) is 0 Å². The van der Waals surface area contributed by atoms with E-state index in [1.54, 1.807) is 48.5 Å². The van der Waals surface area contributed by atoms with Crippen LogP contribution >= 0.6 is 22.6 Å². The molecule has 0 aliphatic carbocycles. The van der Waals surface area contributed by atoms with Gasteiger partial charge in [0, 0.05) is 27.5 Å². The molecule has 0 saturated carbocycles. The van der Waals surface area contributed by atoms with E-state index in [9.17, 15) is 28.0 Å². The van der Waals surface area contributed by atoms with Crippen molar-refractivity contribution in [2.75, 3.05) is 14.2 Å². The van der Waals surface area contributed by atoms with Crippen LogP contribution in [-0.2, 0) is 45.1 Å². The topological polar surface area (TPSA) is 170 Å². The zero-order chi connectivity index (χ0) is 54.2. The van der Waals surface area contributed by atoms with Crippen molar-refractivity contribution in [1.82, 2.24) is 10.6 Å².